The molecule has 0 saturated heterocycles. The van der Waals surface area contributed by atoms with Crippen LogP contribution in [0.1, 0.15) is 0 Å². The van der Waals surface area contributed by atoms with Gasteiger partial charge < -0.3 is 4.57 Å². The minimum Gasteiger partial charge on any atom is -0.357 e. The van der Waals surface area contributed by atoms with E-state index in [0.29, 0.717) is 0 Å². The summed E-state index contributed by atoms with van der Waals surface area (Å²) in [6.45, 7) is 0. The maximum atomic E-state index is 3.18. The second-order valence-corrected chi connectivity index (χ2v) is 2.84. The van der Waals surface area contributed by atoms with Crippen LogP contribution in [0, 0.1) is 6.07 Å². The van der Waals surface area contributed by atoms with E-state index in [2.05, 4.69) is 24.4 Å². The van der Waals surface area contributed by atoms with Crippen LogP contribution in [0.2, 0.25) is 0 Å². The fourth-order valence-electron chi connectivity index (χ4n) is 1.24. The van der Waals surface area contributed by atoms with E-state index < -0.39 is 0 Å². The lowest BCUT2D eigenvalue weighted by Gasteiger charge is -1.93. The molecule has 1 aromatic heterocycles. The minimum atomic E-state index is 1.15. The molecule has 0 N–H and O–H groups in total. The highest BCUT2D eigenvalue weighted by Crippen LogP contribution is 2.17. The smallest absolute Gasteiger partial charge is 0.0111 e. The normalized spacial score (nSPS) is 10.1. The van der Waals surface area contributed by atoms with Gasteiger partial charge in [-0.3, -0.25) is 0 Å². The Labute approximate surface area is 72.3 Å². The second-order valence-electron chi connectivity index (χ2n) is 2.84. The molecule has 0 saturated carbocycles. The van der Waals surface area contributed by atoms with Crippen LogP contribution in [0.15, 0.2) is 42.7 Å². The van der Waals surface area contributed by atoms with E-state index in [-0.39, 0.29) is 0 Å². The van der Waals surface area contributed by atoms with Crippen LogP contribution in [0.25, 0.3) is 11.1 Å². The quantitative estimate of drug-likeness (QED) is 0.597. The zero-order chi connectivity index (χ0) is 8.39. The molecule has 1 nitrogen and oxygen atoms in total. The number of benzene rings is 1. The molecule has 1 heteroatoms. The van der Waals surface area contributed by atoms with Gasteiger partial charge >= 0.3 is 0 Å². The van der Waals surface area contributed by atoms with E-state index in [1.807, 2.05) is 36.0 Å². The average molecular weight is 156 g/mol. The number of aromatic nitrogens is 1. The van der Waals surface area contributed by atoms with Crippen LogP contribution in [-0.4, -0.2) is 4.57 Å². The van der Waals surface area contributed by atoms with Crippen LogP contribution in [-0.2, 0) is 7.05 Å². The van der Waals surface area contributed by atoms with E-state index in [9.17, 15) is 0 Å². The van der Waals surface area contributed by atoms with Gasteiger partial charge in [-0.1, -0.05) is 24.3 Å². The second kappa shape index (κ2) is 2.86. The zero-order valence-electron chi connectivity index (χ0n) is 6.99. The number of aryl methyl sites for hydroxylation is 1. The molecule has 12 heavy (non-hydrogen) atoms. The van der Waals surface area contributed by atoms with E-state index in [4.69, 9.17) is 0 Å². The summed E-state index contributed by atoms with van der Waals surface area (Å²) in [5.74, 6) is 0. The molecule has 1 aromatic carbocycles. The summed E-state index contributed by atoms with van der Waals surface area (Å²) in [6.07, 6.45) is 4.13. The molecule has 2 aromatic rings. The van der Waals surface area contributed by atoms with E-state index >= 15 is 0 Å². The standard InChI is InChI=1S/C11H10N/c1-12-8-7-11(9-12)10-5-3-2-4-6-10/h2-5,7-9H,1H3. The topological polar surface area (TPSA) is 4.93 Å². The molecule has 0 amide bonds. The van der Waals surface area contributed by atoms with Crippen LogP contribution in [0.4, 0.5) is 0 Å². The van der Waals surface area contributed by atoms with Crippen LogP contribution < -0.4 is 0 Å². The van der Waals surface area contributed by atoms with Crippen molar-refractivity contribution in [3.63, 3.8) is 0 Å². The first-order valence-corrected chi connectivity index (χ1v) is 3.95. The Kier molecular flexibility index (Phi) is 1.71. The third kappa shape index (κ3) is 1.26. The Hall–Kier alpha value is -1.50. The Morgan fingerprint density at radius 2 is 2.17 bits per heavy atom. The van der Waals surface area contributed by atoms with Gasteiger partial charge in [0.1, 0.15) is 0 Å². The molecule has 0 fully saturated rings. The molecule has 0 atom stereocenters. The molecule has 0 spiro atoms. The maximum Gasteiger partial charge on any atom is 0.0111 e. The van der Waals surface area contributed by atoms with Crippen LogP contribution >= 0.6 is 0 Å². The van der Waals surface area contributed by atoms with Crippen molar-refractivity contribution >= 4 is 0 Å². The fourth-order valence-corrected chi connectivity index (χ4v) is 1.24. The van der Waals surface area contributed by atoms with E-state index in [1.165, 1.54) is 5.56 Å². The first-order chi connectivity index (χ1) is 5.86. The van der Waals surface area contributed by atoms with E-state index in [1.54, 1.807) is 0 Å². The predicted molar refractivity (Wildman–Crippen MR) is 49.7 cm³/mol. The summed E-state index contributed by atoms with van der Waals surface area (Å²) in [7, 11) is 2.02. The summed E-state index contributed by atoms with van der Waals surface area (Å²) in [4.78, 5) is 0. The van der Waals surface area contributed by atoms with Crippen molar-refractivity contribution in [3.8, 4) is 11.1 Å². The van der Waals surface area contributed by atoms with Crippen molar-refractivity contribution in [2.45, 2.75) is 0 Å². The summed E-state index contributed by atoms with van der Waals surface area (Å²) >= 11 is 0. The molecule has 1 heterocycles. The Morgan fingerprint density at radius 3 is 2.75 bits per heavy atom. The molecule has 1 radical (unpaired) electrons. The highest BCUT2D eigenvalue weighted by atomic mass is 14.9. The molecule has 0 aliphatic heterocycles. The SMILES string of the molecule is Cn1ccc(-c2[c]cccc2)c1. The molecule has 2 rings (SSSR count). The molecule has 0 aliphatic carbocycles. The number of hydrogen-bond donors (Lipinski definition) is 0. The first-order valence-electron chi connectivity index (χ1n) is 3.95. The lowest BCUT2D eigenvalue weighted by Crippen LogP contribution is -1.78. The number of rotatable bonds is 1. The van der Waals surface area contributed by atoms with Gasteiger partial charge in [-0.25, -0.2) is 0 Å². The maximum absolute atomic E-state index is 3.18. The Bertz CT molecular complexity index is 360. The summed E-state index contributed by atoms with van der Waals surface area (Å²) in [5, 5.41) is 0. The predicted octanol–water partition coefficient (Wildman–Crippen LogP) is 2.49. The highest BCUT2D eigenvalue weighted by molar-refractivity contribution is 5.61. The van der Waals surface area contributed by atoms with Gasteiger partial charge in [0, 0.05) is 19.4 Å². The average Bonchev–Trinajstić information content (AvgIpc) is 2.54. The molecule has 59 valence electrons. The molecule has 0 unspecified atom stereocenters. The van der Waals surface area contributed by atoms with Crippen LogP contribution in [0.3, 0.4) is 0 Å². The van der Waals surface area contributed by atoms with Gasteiger partial charge in [0.2, 0.25) is 0 Å². The van der Waals surface area contributed by atoms with Crippen molar-refractivity contribution in [1.29, 1.82) is 0 Å². The molecular formula is C11H10N. The minimum absolute atomic E-state index is 1.15. The molecular weight excluding hydrogens is 146 g/mol. The summed E-state index contributed by atoms with van der Waals surface area (Å²) in [6, 6.07) is 13.3. The van der Waals surface area contributed by atoms with Crippen molar-refractivity contribution in [1.82, 2.24) is 4.57 Å². The van der Waals surface area contributed by atoms with E-state index in [0.717, 1.165) is 5.56 Å². The zero-order valence-corrected chi connectivity index (χ0v) is 6.99. The number of hydrogen-bond acceptors (Lipinski definition) is 0. The molecule has 0 aliphatic rings. The molecule has 0 bridgehead atoms. The van der Waals surface area contributed by atoms with Gasteiger partial charge in [0.25, 0.3) is 0 Å². The highest BCUT2D eigenvalue weighted by Gasteiger charge is 1.96. The van der Waals surface area contributed by atoms with Gasteiger partial charge in [-0.05, 0) is 23.3 Å². The largest absolute Gasteiger partial charge is 0.357 e. The van der Waals surface area contributed by atoms with Crippen molar-refractivity contribution in [2.75, 3.05) is 0 Å². The van der Waals surface area contributed by atoms with Gasteiger partial charge in [-0.15, -0.1) is 0 Å². The lowest BCUT2D eigenvalue weighted by atomic mass is 10.1. The lowest BCUT2D eigenvalue weighted by molar-refractivity contribution is 0.928. The van der Waals surface area contributed by atoms with Crippen molar-refractivity contribution < 1.29 is 0 Å². The number of nitrogens with zero attached hydrogens (tertiary/aromatic N) is 1. The summed E-state index contributed by atoms with van der Waals surface area (Å²) < 4.78 is 2.04. The van der Waals surface area contributed by atoms with Gasteiger partial charge in [-0.2, -0.15) is 0 Å². The monoisotopic (exact) mass is 156 g/mol. The summed E-state index contributed by atoms with van der Waals surface area (Å²) in [5.41, 5.74) is 2.37. The van der Waals surface area contributed by atoms with Gasteiger partial charge in [0.15, 0.2) is 0 Å². The van der Waals surface area contributed by atoms with Crippen molar-refractivity contribution in [2.24, 2.45) is 7.05 Å². The Morgan fingerprint density at radius 1 is 1.25 bits per heavy atom. The first kappa shape index (κ1) is 7.17. The fraction of sp³-hybridized carbons (Fsp3) is 0.0909. The van der Waals surface area contributed by atoms with Gasteiger partial charge in [0.05, 0.1) is 0 Å². The van der Waals surface area contributed by atoms with Crippen LogP contribution in [0.5, 0.6) is 0 Å². The van der Waals surface area contributed by atoms with Crippen molar-refractivity contribution in [3.05, 3.63) is 48.8 Å². The third-order valence-electron chi connectivity index (χ3n) is 1.85. The Balaban J connectivity index is 2.45. The third-order valence-corrected chi connectivity index (χ3v) is 1.85.